The van der Waals surface area contributed by atoms with Gasteiger partial charge in [-0.05, 0) is 56.3 Å². The van der Waals surface area contributed by atoms with Gasteiger partial charge in [0.05, 0.1) is 12.7 Å². The Morgan fingerprint density at radius 1 is 1.19 bits per heavy atom. The number of esters is 1. The van der Waals surface area contributed by atoms with Crippen LogP contribution < -0.4 is 5.73 Å². The molecule has 0 aliphatic rings. The average Bonchev–Trinajstić information content (AvgIpc) is 2.45. The summed E-state index contributed by atoms with van der Waals surface area (Å²) in [6.45, 7) is 5.87. The van der Waals surface area contributed by atoms with E-state index in [1.165, 1.54) is 18.9 Å². The van der Waals surface area contributed by atoms with Crippen LogP contribution in [0.1, 0.15) is 27.3 Å². The lowest BCUT2D eigenvalue weighted by molar-refractivity contribution is 0.0597. The first kappa shape index (κ1) is 15.3. The summed E-state index contributed by atoms with van der Waals surface area (Å²) in [6.07, 6.45) is 0. The zero-order chi connectivity index (χ0) is 15.6. The van der Waals surface area contributed by atoms with Gasteiger partial charge in [0.2, 0.25) is 0 Å². The fourth-order valence-corrected chi connectivity index (χ4v) is 2.74. The van der Waals surface area contributed by atoms with Crippen LogP contribution in [0.2, 0.25) is 0 Å². The molecule has 21 heavy (non-hydrogen) atoms. The van der Waals surface area contributed by atoms with Crippen LogP contribution >= 0.6 is 11.8 Å². The first-order valence-electron chi connectivity index (χ1n) is 6.40. The lowest BCUT2D eigenvalue weighted by Gasteiger charge is -2.10. The number of nitrogens with two attached hydrogens (primary N) is 1. The third-order valence-electron chi connectivity index (χ3n) is 3.22. The minimum atomic E-state index is -0.426. The van der Waals surface area contributed by atoms with E-state index >= 15 is 0 Å². The number of hydrogen-bond acceptors (Lipinski definition) is 6. The minimum Gasteiger partial charge on any atom is -0.465 e. The van der Waals surface area contributed by atoms with Crippen molar-refractivity contribution < 1.29 is 9.53 Å². The standard InChI is InChI=1S/C15H17N3O2S/c1-8-9(2)17-15(18-10(8)3)21-13-6-5-11(16)7-12(13)14(19)20-4/h5-7H,16H2,1-4H3. The molecular weight excluding hydrogens is 286 g/mol. The van der Waals surface area contributed by atoms with Gasteiger partial charge in [-0.25, -0.2) is 14.8 Å². The highest BCUT2D eigenvalue weighted by atomic mass is 32.2. The highest BCUT2D eigenvalue weighted by molar-refractivity contribution is 7.99. The SMILES string of the molecule is COC(=O)c1cc(N)ccc1Sc1nc(C)c(C)c(C)n1. The Bertz CT molecular complexity index is 678. The van der Waals surface area contributed by atoms with E-state index in [1.54, 1.807) is 18.2 Å². The van der Waals surface area contributed by atoms with Gasteiger partial charge in [-0.2, -0.15) is 0 Å². The molecular formula is C15H17N3O2S. The third kappa shape index (κ3) is 3.33. The second-order valence-electron chi connectivity index (χ2n) is 4.65. The zero-order valence-corrected chi connectivity index (χ0v) is 13.2. The van der Waals surface area contributed by atoms with Crippen LogP contribution in [0, 0.1) is 20.8 Å². The van der Waals surface area contributed by atoms with E-state index in [0.29, 0.717) is 16.4 Å². The summed E-state index contributed by atoms with van der Waals surface area (Å²) < 4.78 is 4.79. The van der Waals surface area contributed by atoms with Gasteiger partial charge in [-0.3, -0.25) is 0 Å². The number of ether oxygens (including phenoxy) is 1. The number of hydrogen-bond donors (Lipinski definition) is 1. The van der Waals surface area contributed by atoms with E-state index in [9.17, 15) is 4.79 Å². The summed E-state index contributed by atoms with van der Waals surface area (Å²) in [4.78, 5) is 21.4. The lowest BCUT2D eigenvalue weighted by atomic mass is 10.2. The van der Waals surface area contributed by atoms with Gasteiger partial charge in [0.15, 0.2) is 5.16 Å². The van der Waals surface area contributed by atoms with Crippen molar-refractivity contribution in [3.8, 4) is 0 Å². The molecule has 0 fully saturated rings. The van der Waals surface area contributed by atoms with E-state index < -0.39 is 5.97 Å². The van der Waals surface area contributed by atoms with Crippen molar-refractivity contribution in [1.29, 1.82) is 0 Å². The highest BCUT2D eigenvalue weighted by Crippen LogP contribution is 2.30. The van der Waals surface area contributed by atoms with Crippen LogP contribution in [0.5, 0.6) is 0 Å². The van der Waals surface area contributed by atoms with Gasteiger partial charge < -0.3 is 10.5 Å². The summed E-state index contributed by atoms with van der Waals surface area (Å²) in [5.41, 5.74) is 9.60. The maximum atomic E-state index is 11.8. The first-order chi connectivity index (χ1) is 9.92. The van der Waals surface area contributed by atoms with Crippen LogP contribution in [0.3, 0.4) is 0 Å². The fourth-order valence-electron chi connectivity index (χ4n) is 1.79. The van der Waals surface area contributed by atoms with E-state index in [2.05, 4.69) is 9.97 Å². The molecule has 0 radical (unpaired) electrons. The Morgan fingerprint density at radius 3 is 2.38 bits per heavy atom. The van der Waals surface area contributed by atoms with Gasteiger partial charge in [0.1, 0.15) is 0 Å². The van der Waals surface area contributed by atoms with Gasteiger partial charge in [0, 0.05) is 22.0 Å². The van der Waals surface area contributed by atoms with Crippen molar-refractivity contribution in [3.05, 3.63) is 40.7 Å². The predicted octanol–water partition coefficient (Wildman–Crippen LogP) is 2.92. The lowest BCUT2D eigenvalue weighted by Crippen LogP contribution is -2.05. The quantitative estimate of drug-likeness (QED) is 0.533. The second kappa shape index (κ2) is 6.13. The zero-order valence-electron chi connectivity index (χ0n) is 12.4. The van der Waals surface area contributed by atoms with Gasteiger partial charge in [0.25, 0.3) is 0 Å². The molecule has 2 rings (SSSR count). The average molecular weight is 303 g/mol. The number of benzene rings is 1. The van der Waals surface area contributed by atoms with Crippen molar-refractivity contribution in [2.75, 3.05) is 12.8 Å². The maximum absolute atomic E-state index is 11.8. The van der Waals surface area contributed by atoms with Crippen molar-refractivity contribution in [1.82, 2.24) is 9.97 Å². The Morgan fingerprint density at radius 2 is 1.81 bits per heavy atom. The number of carbonyl (C=O) groups excluding carboxylic acids is 1. The number of nitrogens with zero attached hydrogens (tertiary/aromatic N) is 2. The maximum Gasteiger partial charge on any atom is 0.339 e. The molecule has 0 saturated heterocycles. The minimum absolute atomic E-state index is 0.419. The summed E-state index contributed by atoms with van der Waals surface area (Å²) in [6, 6.07) is 5.12. The molecule has 0 spiro atoms. The molecule has 5 nitrogen and oxygen atoms in total. The molecule has 1 aromatic heterocycles. The van der Waals surface area contributed by atoms with Crippen molar-refractivity contribution in [2.24, 2.45) is 0 Å². The molecule has 2 aromatic rings. The molecule has 0 aliphatic carbocycles. The van der Waals surface area contributed by atoms with Crippen LogP contribution in [0.25, 0.3) is 0 Å². The smallest absolute Gasteiger partial charge is 0.339 e. The molecule has 0 aliphatic heterocycles. The second-order valence-corrected chi connectivity index (χ2v) is 5.66. The Labute approximate surface area is 127 Å². The Balaban J connectivity index is 2.42. The summed E-state index contributed by atoms with van der Waals surface area (Å²) in [7, 11) is 1.34. The largest absolute Gasteiger partial charge is 0.465 e. The van der Waals surface area contributed by atoms with E-state index in [-0.39, 0.29) is 0 Å². The number of aromatic nitrogens is 2. The molecule has 6 heteroatoms. The van der Waals surface area contributed by atoms with Gasteiger partial charge >= 0.3 is 5.97 Å². The van der Waals surface area contributed by atoms with Gasteiger partial charge in [-0.15, -0.1) is 0 Å². The molecule has 0 saturated carbocycles. The number of rotatable bonds is 3. The summed E-state index contributed by atoms with van der Waals surface area (Å²) in [5, 5.41) is 0.602. The molecule has 1 aromatic carbocycles. The predicted molar refractivity (Wildman–Crippen MR) is 82.6 cm³/mol. The molecule has 0 bridgehead atoms. The summed E-state index contributed by atoms with van der Waals surface area (Å²) >= 11 is 1.33. The monoisotopic (exact) mass is 303 g/mol. The Kier molecular flexibility index (Phi) is 4.47. The van der Waals surface area contributed by atoms with Crippen molar-refractivity contribution in [2.45, 2.75) is 30.8 Å². The van der Waals surface area contributed by atoms with Crippen LogP contribution in [0.4, 0.5) is 5.69 Å². The molecule has 2 N–H and O–H groups in total. The number of methoxy groups -OCH3 is 1. The fraction of sp³-hybridized carbons (Fsp3) is 0.267. The van der Waals surface area contributed by atoms with Crippen LogP contribution in [0.15, 0.2) is 28.3 Å². The molecule has 0 amide bonds. The summed E-state index contributed by atoms with van der Waals surface area (Å²) in [5.74, 6) is -0.426. The number of anilines is 1. The highest BCUT2D eigenvalue weighted by Gasteiger charge is 2.15. The molecule has 0 unspecified atom stereocenters. The first-order valence-corrected chi connectivity index (χ1v) is 7.21. The molecule has 0 atom stereocenters. The molecule has 110 valence electrons. The number of aryl methyl sites for hydroxylation is 2. The van der Waals surface area contributed by atoms with Crippen LogP contribution in [-0.2, 0) is 4.74 Å². The number of carbonyl (C=O) groups is 1. The van der Waals surface area contributed by atoms with Crippen molar-refractivity contribution in [3.63, 3.8) is 0 Å². The van der Waals surface area contributed by atoms with Crippen LogP contribution in [-0.4, -0.2) is 23.0 Å². The van der Waals surface area contributed by atoms with Crippen molar-refractivity contribution >= 4 is 23.4 Å². The normalized spacial score (nSPS) is 10.5. The van der Waals surface area contributed by atoms with Gasteiger partial charge in [-0.1, -0.05) is 0 Å². The van der Waals surface area contributed by atoms with E-state index in [1.807, 2.05) is 20.8 Å². The molecule has 1 heterocycles. The van der Waals surface area contributed by atoms with E-state index in [0.717, 1.165) is 21.8 Å². The number of nitrogen functional groups attached to an aromatic ring is 1. The third-order valence-corrected chi connectivity index (χ3v) is 4.16. The van der Waals surface area contributed by atoms with E-state index in [4.69, 9.17) is 10.5 Å². The Hall–Kier alpha value is -2.08. The topological polar surface area (TPSA) is 78.1 Å².